The number of hydrogen-bond donors (Lipinski definition) is 3. The van der Waals surface area contributed by atoms with Gasteiger partial charge in [0, 0.05) is 13.6 Å². The van der Waals surface area contributed by atoms with Gasteiger partial charge in [0.1, 0.15) is 0 Å². The second kappa shape index (κ2) is 4.11. The number of nitrogens with zero attached hydrogens (tertiary/aromatic N) is 2. The lowest BCUT2D eigenvalue weighted by Crippen LogP contribution is -2.51. The Morgan fingerprint density at radius 1 is 1.56 bits per heavy atom. The topological polar surface area (TPSA) is 102 Å². The van der Waals surface area contributed by atoms with Gasteiger partial charge in [-0.2, -0.15) is 0 Å². The van der Waals surface area contributed by atoms with E-state index in [2.05, 4.69) is 15.6 Å². The van der Waals surface area contributed by atoms with Crippen LogP contribution < -0.4 is 16.4 Å². The van der Waals surface area contributed by atoms with E-state index in [1.54, 1.807) is 17.9 Å². The Hall–Kier alpha value is -1.60. The van der Waals surface area contributed by atoms with E-state index >= 15 is 0 Å². The summed E-state index contributed by atoms with van der Waals surface area (Å²) in [5.41, 5.74) is 4.94. The Kier molecular flexibility index (Phi) is 3.20. The van der Waals surface area contributed by atoms with E-state index in [-0.39, 0.29) is 19.0 Å². The minimum absolute atomic E-state index is 0. The summed E-state index contributed by atoms with van der Waals surface area (Å²) in [5.74, 6) is -0.446. The van der Waals surface area contributed by atoms with Crippen molar-refractivity contribution in [3.8, 4) is 0 Å². The monoisotopic (exact) mass is 245 g/mol. The number of imidazole rings is 1. The quantitative estimate of drug-likeness (QED) is 0.572. The summed E-state index contributed by atoms with van der Waals surface area (Å²) >= 11 is 0. The second-order valence-electron chi connectivity index (χ2n) is 3.41. The molecule has 7 nitrogen and oxygen atoms in total. The maximum atomic E-state index is 11.7. The number of urea groups is 1. The van der Waals surface area contributed by atoms with Crippen LogP contribution in [0.15, 0.2) is 12.5 Å². The third-order valence-electron chi connectivity index (χ3n) is 2.50. The summed E-state index contributed by atoms with van der Waals surface area (Å²) in [4.78, 5) is 26.7. The molecule has 8 heteroatoms. The number of amides is 3. The number of rotatable bonds is 2. The molecule has 1 atom stereocenters. The number of carbonyl (C=O) groups is 2. The van der Waals surface area contributed by atoms with Crippen LogP contribution >= 0.6 is 12.4 Å². The molecule has 0 radical (unpaired) electrons. The van der Waals surface area contributed by atoms with Gasteiger partial charge in [0.05, 0.1) is 18.2 Å². The molecule has 1 unspecified atom stereocenters. The van der Waals surface area contributed by atoms with Crippen molar-refractivity contribution < 1.29 is 9.59 Å². The van der Waals surface area contributed by atoms with Crippen LogP contribution in [0.4, 0.5) is 4.79 Å². The van der Waals surface area contributed by atoms with Crippen molar-refractivity contribution in [2.24, 2.45) is 12.8 Å². The number of aryl methyl sites for hydroxylation is 1. The summed E-state index contributed by atoms with van der Waals surface area (Å²) < 4.78 is 1.65. The number of hydrogen-bond acceptors (Lipinski definition) is 4. The molecule has 1 fully saturated rings. The predicted octanol–water partition coefficient (Wildman–Crippen LogP) is -1.16. The fourth-order valence-corrected chi connectivity index (χ4v) is 1.69. The molecule has 0 spiro atoms. The maximum Gasteiger partial charge on any atom is 0.322 e. The molecule has 0 saturated carbocycles. The summed E-state index contributed by atoms with van der Waals surface area (Å²) in [6, 6.07) is -0.536. The standard InChI is InChI=1S/C8H11N5O2.ClH/c1-13-4-10-2-5(13)8(3-9)6(14)11-7(15)12-8;/h2,4H,3,9H2,1H3,(H2,11,12,14,15);1H. The molecular formula is C8H12ClN5O2. The Morgan fingerprint density at radius 3 is 2.62 bits per heavy atom. The van der Waals surface area contributed by atoms with Gasteiger partial charge in [-0.15, -0.1) is 12.4 Å². The van der Waals surface area contributed by atoms with Crippen LogP contribution in [0.2, 0.25) is 0 Å². The minimum atomic E-state index is -1.19. The lowest BCUT2D eigenvalue weighted by molar-refractivity contribution is -0.124. The Bertz CT molecular complexity index is 432. The SMILES string of the molecule is Cl.Cn1cncc1C1(CN)NC(=O)NC1=O. The molecule has 0 bridgehead atoms. The molecule has 1 aliphatic heterocycles. The Morgan fingerprint density at radius 2 is 2.25 bits per heavy atom. The molecule has 2 heterocycles. The minimum Gasteiger partial charge on any atom is -0.335 e. The summed E-state index contributed by atoms with van der Waals surface area (Å²) in [6.45, 7) is -0.00981. The van der Waals surface area contributed by atoms with Gasteiger partial charge in [-0.05, 0) is 0 Å². The molecule has 16 heavy (non-hydrogen) atoms. The van der Waals surface area contributed by atoms with E-state index < -0.39 is 17.5 Å². The van der Waals surface area contributed by atoms with E-state index in [9.17, 15) is 9.59 Å². The zero-order valence-corrected chi connectivity index (χ0v) is 9.37. The molecule has 1 aliphatic rings. The smallest absolute Gasteiger partial charge is 0.322 e. The van der Waals surface area contributed by atoms with Crippen LogP contribution in [0.25, 0.3) is 0 Å². The fourth-order valence-electron chi connectivity index (χ4n) is 1.69. The maximum absolute atomic E-state index is 11.7. The highest BCUT2D eigenvalue weighted by molar-refractivity contribution is 6.07. The van der Waals surface area contributed by atoms with Crippen molar-refractivity contribution in [3.05, 3.63) is 18.2 Å². The zero-order valence-electron chi connectivity index (χ0n) is 8.56. The molecule has 1 saturated heterocycles. The number of imide groups is 1. The average Bonchev–Trinajstić information content (AvgIpc) is 2.71. The number of halogens is 1. The van der Waals surface area contributed by atoms with Gasteiger partial charge in [-0.25, -0.2) is 9.78 Å². The average molecular weight is 246 g/mol. The lowest BCUT2D eigenvalue weighted by Gasteiger charge is -2.23. The summed E-state index contributed by atoms with van der Waals surface area (Å²) in [7, 11) is 1.73. The van der Waals surface area contributed by atoms with E-state index in [0.717, 1.165) is 0 Å². The summed E-state index contributed by atoms with van der Waals surface area (Å²) in [6.07, 6.45) is 3.06. The van der Waals surface area contributed by atoms with Crippen molar-refractivity contribution in [1.29, 1.82) is 0 Å². The van der Waals surface area contributed by atoms with Crippen LogP contribution in [0.3, 0.4) is 0 Å². The van der Waals surface area contributed by atoms with Crippen LogP contribution in [0.5, 0.6) is 0 Å². The van der Waals surface area contributed by atoms with Crippen molar-refractivity contribution in [2.75, 3.05) is 6.54 Å². The van der Waals surface area contributed by atoms with E-state index in [1.807, 2.05) is 0 Å². The van der Waals surface area contributed by atoms with E-state index in [1.165, 1.54) is 6.20 Å². The highest BCUT2D eigenvalue weighted by Gasteiger charge is 2.48. The number of carbonyl (C=O) groups excluding carboxylic acids is 2. The van der Waals surface area contributed by atoms with Crippen LogP contribution in [-0.4, -0.2) is 28.0 Å². The van der Waals surface area contributed by atoms with Crippen LogP contribution in [-0.2, 0) is 17.4 Å². The lowest BCUT2D eigenvalue weighted by atomic mass is 9.96. The van der Waals surface area contributed by atoms with Gasteiger partial charge in [0.15, 0.2) is 5.54 Å². The number of nitrogens with two attached hydrogens (primary N) is 1. The van der Waals surface area contributed by atoms with Crippen molar-refractivity contribution in [2.45, 2.75) is 5.54 Å². The van der Waals surface area contributed by atoms with Gasteiger partial charge in [-0.1, -0.05) is 0 Å². The third kappa shape index (κ3) is 1.54. The molecular weight excluding hydrogens is 234 g/mol. The molecule has 3 amide bonds. The van der Waals surface area contributed by atoms with Gasteiger partial charge >= 0.3 is 6.03 Å². The molecule has 0 aliphatic carbocycles. The summed E-state index contributed by atoms with van der Waals surface area (Å²) in [5, 5.41) is 4.69. The first-order valence-electron chi connectivity index (χ1n) is 4.40. The molecule has 0 aromatic carbocycles. The van der Waals surface area contributed by atoms with Crippen molar-refractivity contribution in [3.63, 3.8) is 0 Å². The van der Waals surface area contributed by atoms with E-state index in [4.69, 9.17) is 5.73 Å². The first-order chi connectivity index (χ1) is 7.10. The van der Waals surface area contributed by atoms with Crippen LogP contribution in [0, 0.1) is 0 Å². The molecule has 1 aromatic heterocycles. The number of nitrogens with one attached hydrogen (secondary N) is 2. The largest absolute Gasteiger partial charge is 0.335 e. The highest BCUT2D eigenvalue weighted by Crippen LogP contribution is 2.22. The molecule has 4 N–H and O–H groups in total. The predicted molar refractivity (Wildman–Crippen MR) is 57.9 cm³/mol. The van der Waals surface area contributed by atoms with Crippen molar-refractivity contribution >= 4 is 24.3 Å². The van der Waals surface area contributed by atoms with Crippen molar-refractivity contribution in [1.82, 2.24) is 20.2 Å². The first-order valence-corrected chi connectivity index (χ1v) is 4.40. The second-order valence-corrected chi connectivity index (χ2v) is 3.41. The van der Waals surface area contributed by atoms with Gasteiger partial charge in [0.25, 0.3) is 5.91 Å². The van der Waals surface area contributed by atoms with Crippen LogP contribution in [0.1, 0.15) is 5.69 Å². The molecule has 2 rings (SSSR count). The third-order valence-corrected chi connectivity index (χ3v) is 2.50. The molecule has 88 valence electrons. The fraction of sp³-hybridized carbons (Fsp3) is 0.375. The van der Waals surface area contributed by atoms with Gasteiger partial charge in [0.2, 0.25) is 0 Å². The number of aromatic nitrogens is 2. The Labute approximate surface area is 97.8 Å². The zero-order chi connectivity index (χ0) is 11.1. The normalized spacial score (nSPS) is 23.6. The van der Waals surface area contributed by atoms with Gasteiger partial charge < -0.3 is 15.6 Å². The highest BCUT2D eigenvalue weighted by atomic mass is 35.5. The van der Waals surface area contributed by atoms with Gasteiger partial charge in [-0.3, -0.25) is 10.1 Å². The molecule has 1 aromatic rings. The Balaban J connectivity index is 0.00000128. The first kappa shape index (κ1) is 12.5. The van der Waals surface area contributed by atoms with E-state index in [0.29, 0.717) is 5.69 Å².